The van der Waals surface area contributed by atoms with E-state index in [1.807, 2.05) is 17.0 Å². The third kappa shape index (κ3) is 3.71. The van der Waals surface area contributed by atoms with E-state index in [9.17, 15) is 4.79 Å². The average molecular weight is 283 g/mol. The Morgan fingerprint density at radius 2 is 1.95 bits per heavy atom. The summed E-state index contributed by atoms with van der Waals surface area (Å²) in [6, 6.07) is 8.30. The monoisotopic (exact) mass is 282 g/mol. The zero-order valence-electron chi connectivity index (χ0n) is 11.8. The Labute approximate surface area is 121 Å². The molecule has 2 rings (SSSR count). The molecular formula is C15H23ClN2O. The Morgan fingerprint density at radius 3 is 2.47 bits per heavy atom. The lowest BCUT2D eigenvalue weighted by molar-refractivity contribution is 0.0656. The smallest absolute Gasteiger partial charge is 0.254 e. The molecule has 1 aliphatic heterocycles. The highest BCUT2D eigenvalue weighted by Gasteiger charge is 2.23. The maximum Gasteiger partial charge on any atom is 0.254 e. The summed E-state index contributed by atoms with van der Waals surface area (Å²) in [6.07, 6.45) is 0. The van der Waals surface area contributed by atoms with Crippen molar-refractivity contribution in [2.24, 2.45) is 0 Å². The van der Waals surface area contributed by atoms with Crippen molar-refractivity contribution in [1.82, 2.24) is 10.2 Å². The van der Waals surface area contributed by atoms with E-state index in [1.54, 1.807) is 0 Å². The van der Waals surface area contributed by atoms with Crippen LogP contribution in [0.25, 0.3) is 0 Å². The first kappa shape index (κ1) is 16.0. The minimum absolute atomic E-state index is 0. The van der Waals surface area contributed by atoms with Crippen LogP contribution in [0.1, 0.15) is 42.6 Å². The van der Waals surface area contributed by atoms with E-state index in [1.165, 1.54) is 5.56 Å². The van der Waals surface area contributed by atoms with Gasteiger partial charge in [0.1, 0.15) is 0 Å². The summed E-state index contributed by atoms with van der Waals surface area (Å²) >= 11 is 0. The van der Waals surface area contributed by atoms with Crippen molar-refractivity contribution in [3.8, 4) is 0 Å². The molecule has 1 amide bonds. The molecule has 1 fully saturated rings. The van der Waals surface area contributed by atoms with Crippen molar-refractivity contribution >= 4 is 18.3 Å². The van der Waals surface area contributed by atoms with Crippen molar-refractivity contribution in [3.05, 3.63) is 35.4 Å². The second-order valence-corrected chi connectivity index (χ2v) is 5.33. The normalized spacial score (nSPS) is 19.2. The largest absolute Gasteiger partial charge is 0.333 e. The van der Waals surface area contributed by atoms with Crippen LogP contribution in [0, 0.1) is 0 Å². The molecule has 1 N–H and O–H groups in total. The van der Waals surface area contributed by atoms with Crippen molar-refractivity contribution in [2.45, 2.75) is 32.7 Å². The molecule has 1 heterocycles. The number of amides is 1. The number of nitrogens with zero attached hydrogens (tertiary/aromatic N) is 1. The van der Waals surface area contributed by atoms with Crippen LogP contribution >= 0.6 is 12.4 Å². The number of carbonyl (C=O) groups is 1. The van der Waals surface area contributed by atoms with Gasteiger partial charge < -0.3 is 10.2 Å². The van der Waals surface area contributed by atoms with Crippen LogP contribution in [-0.4, -0.2) is 36.5 Å². The molecule has 3 nitrogen and oxygen atoms in total. The number of rotatable bonds is 2. The molecule has 1 aromatic rings. The molecular weight excluding hydrogens is 260 g/mol. The van der Waals surface area contributed by atoms with Crippen LogP contribution < -0.4 is 5.32 Å². The molecule has 0 bridgehead atoms. The summed E-state index contributed by atoms with van der Waals surface area (Å²) in [5.41, 5.74) is 2.08. The van der Waals surface area contributed by atoms with E-state index in [0.29, 0.717) is 5.92 Å². The van der Waals surface area contributed by atoms with Gasteiger partial charge in [0.05, 0.1) is 0 Å². The SMILES string of the molecule is CC(C)c1ccc(C(=O)N2CCNC[C@H]2C)cc1.Cl. The van der Waals surface area contributed by atoms with E-state index >= 15 is 0 Å². The number of piperazine rings is 1. The van der Waals surface area contributed by atoms with Crippen LogP contribution in [0.5, 0.6) is 0 Å². The molecule has 1 saturated heterocycles. The van der Waals surface area contributed by atoms with Crippen molar-refractivity contribution in [3.63, 3.8) is 0 Å². The Hall–Kier alpha value is -1.06. The number of benzene rings is 1. The average Bonchev–Trinajstić information content (AvgIpc) is 2.38. The van der Waals surface area contributed by atoms with Gasteiger partial charge in [-0.3, -0.25) is 4.79 Å². The number of halogens is 1. The molecule has 1 aliphatic rings. The fraction of sp³-hybridized carbons (Fsp3) is 0.533. The third-order valence-electron chi connectivity index (χ3n) is 3.59. The van der Waals surface area contributed by atoms with Crippen molar-refractivity contribution in [1.29, 1.82) is 0 Å². The first-order valence-corrected chi connectivity index (χ1v) is 6.71. The highest BCUT2D eigenvalue weighted by molar-refractivity contribution is 5.94. The predicted molar refractivity (Wildman–Crippen MR) is 81.1 cm³/mol. The lowest BCUT2D eigenvalue weighted by atomic mass is 10.0. The lowest BCUT2D eigenvalue weighted by Crippen LogP contribution is -2.52. The van der Waals surface area contributed by atoms with Gasteiger partial charge in [0.25, 0.3) is 5.91 Å². The molecule has 1 aromatic carbocycles. The maximum absolute atomic E-state index is 12.4. The summed E-state index contributed by atoms with van der Waals surface area (Å²) in [6.45, 7) is 8.98. The topological polar surface area (TPSA) is 32.3 Å². The first-order valence-electron chi connectivity index (χ1n) is 6.71. The maximum atomic E-state index is 12.4. The Morgan fingerprint density at radius 1 is 1.32 bits per heavy atom. The minimum atomic E-state index is 0. The van der Waals surface area contributed by atoms with Crippen LogP contribution in [-0.2, 0) is 0 Å². The number of carbonyl (C=O) groups excluding carboxylic acids is 1. The van der Waals surface area contributed by atoms with Gasteiger partial charge >= 0.3 is 0 Å². The van der Waals surface area contributed by atoms with Crippen LogP contribution in [0.15, 0.2) is 24.3 Å². The Kier molecular flexibility index (Phi) is 5.83. The molecule has 0 radical (unpaired) electrons. The predicted octanol–water partition coefficient (Wildman–Crippen LogP) is 2.67. The second kappa shape index (κ2) is 6.92. The number of hydrogen-bond acceptors (Lipinski definition) is 2. The number of nitrogens with one attached hydrogen (secondary N) is 1. The quantitative estimate of drug-likeness (QED) is 0.904. The minimum Gasteiger partial charge on any atom is -0.333 e. The molecule has 0 unspecified atom stereocenters. The summed E-state index contributed by atoms with van der Waals surface area (Å²) < 4.78 is 0. The van der Waals surface area contributed by atoms with E-state index in [0.717, 1.165) is 25.2 Å². The molecule has 106 valence electrons. The summed E-state index contributed by atoms with van der Waals surface area (Å²) in [4.78, 5) is 14.3. The van der Waals surface area contributed by atoms with Gasteiger partial charge in [0, 0.05) is 31.2 Å². The van der Waals surface area contributed by atoms with Gasteiger partial charge in [-0.15, -0.1) is 12.4 Å². The van der Waals surface area contributed by atoms with Crippen LogP contribution in [0.2, 0.25) is 0 Å². The lowest BCUT2D eigenvalue weighted by Gasteiger charge is -2.34. The van der Waals surface area contributed by atoms with E-state index in [2.05, 4.69) is 38.2 Å². The zero-order chi connectivity index (χ0) is 13.1. The first-order chi connectivity index (χ1) is 8.59. The second-order valence-electron chi connectivity index (χ2n) is 5.33. The standard InChI is InChI=1S/C15H22N2O.ClH/c1-11(2)13-4-6-14(7-5-13)15(18)17-9-8-16-10-12(17)3;/h4-7,11-12,16H,8-10H2,1-3H3;1H/t12-;/m1./s1. The third-order valence-corrected chi connectivity index (χ3v) is 3.59. The molecule has 0 aliphatic carbocycles. The van der Waals surface area contributed by atoms with Crippen molar-refractivity contribution in [2.75, 3.05) is 19.6 Å². The van der Waals surface area contributed by atoms with E-state index in [4.69, 9.17) is 0 Å². The molecule has 0 saturated carbocycles. The molecule has 1 atom stereocenters. The number of hydrogen-bond donors (Lipinski definition) is 1. The zero-order valence-corrected chi connectivity index (χ0v) is 12.7. The molecule has 4 heteroatoms. The van der Waals surface area contributed by atoms with Gasteiger partial charge in [-0.05, 0) is 30.5 Å². The Bertz CT molecular complexity index is 417. The Balaban J connectivity index is 0.00000180. The van der Waals surface area contributed by atoms with Gasteiger partial charge in [-0.25, -0.2) is 0 Å². The highest BCUT2D eigenvalue weighted by atomic mass is 35.5. The van der Waals surface area contributed by atoms with Gasteiger partial charge in [-0.2, -0.15) is 0 Å². The summed E-state index contributed by atoms with van der Waals surface area (Å²) in [5, 5.41) is 3.30. The van der Waals surface area contributed by atoms with Gasteiger partial charge in [0.2, 0.25) is 0 Å². The van der Waals surface area contributed by atoms with Gasteiger partial charge in [0.15, 0.2) is 0 Å². The van der Waals surface area contributed by atoms with E-state index in [-0.39, 0.29) is 24.4 Å². The summed E-state index contributed by atoms with van der Waals surface area (Å²) in [7, 11) is 0. The van der Waals surface area contributed by atoms with Crippen LogP contribution in [0.4, 0.5) is 0 Å². The molecule has 0 spiro atoms. The fourth-order valence-electron chi connectivity index (χ4n) is 2.32. The fourth-order valence-corrected chi connectivity index (χ4v) is 2.32. The van der Waals surface area contributed by atoms with E-state index < -0.39 is 0 Å². The van der Waals surface area contributed by atoms with Crippen LogP contribution in [0.3, 0.4) is 0 Å². The summed E-state index contributed by atoms with van der Waals surface area (Å²) in [5.74, 6) is 0.659. The highest BCUT2D eigenvalue weighted by Crippen LogP contribution is 2.16. The van der Waals surface area contributed by atoms with Gasteiger partial charge in [-0.1, -0.05) is 26.0 Å². The molecule has 19 heavy (non-hydrogen) atoms. The van der Waals surface area contributed by atoms with Crippen molar-refractivity contribution < 1.29 is 4.79 Å². The molecule has 0 aromatic heterocycles.